The predicted molar refractivity (Wildman–Crippen MR) is 92.1 cm³/mol. The van der Waals surface area contributed by atoms with Gasteiger partial charge in [-0.1, -0.05) is 18.6 Å². The van der Waals surface area contributed by atoms with E-state index in [-0.39, 0.29) is 0 Å². The van der Waals surface area contributed by atoms with Gasteiger partial charge in [-0.2, -0.15) is 9.61 Å². The number of nitrogens with zero attached hydrogens (tertiary/aromatic N) is 4. The maximum atomic E-state index is 5.92. The van der Waals surface area contributed by atoms with Crippen molar-refractivity contribution < 1.29 is 4.74 Å². The van der Waals surface area contributed by atoms with E-state index in [9.17, 15) is 0 Å². The number of ether oxygens (including phenoxy) is 1. The Morgan fingerprint density at radius 2 is 2.12 bits per heavy atom. The minimum atomic E-state index is 0.469. The normalized spacial score (nSPS) is 18.0. The van der Waals surface area contributed by atoms with E-state index in [1.807, 2.05) is 25.1 Å². The van der Waals surface area contributed by atoms with Crippen LogP contribution in [0, 0.1) is 6.92 Å². The average molecular weight is 323 g/mol. The van der Waals surface area contributed by atoms with Gasteiger partial charge in [-0.3, -0.25) is 0 Å². The molecule has 0 amide bonds. The van der Waals surface area contributed by atoms with Crippen molar-refractivity contribution in [3.8, 4) is 16.9 Å². The fraction of sp³-hybridized carbons (Fsp3) is 0.389. The van der Waals surface area contributed by atoms with Crippen molar-refractivity contribution in [2.24, 2.45) is 0 Å². The Labute approximate surface area is 140 Å². The van der Waals surface area contributed by atoms with Gasteiger partial charge in [0.25, 0.3) is 0 Å². The zero-order chi connectivity index (χ0) is 16.4. The Morgan fingerprint density at radius 1 is 1.25 bits per heavy atom. The number of nitrogens with one attached hydrogen (secondary N) is 1. The first-order chi connectivity index (χ1) is 11.8. The van der Waals surface area contributed by atoms with E-state index < -0.39 is 0 Å². The Bertz CT molecular complexity index is 821. The van der Waals surface area contributed by atoms with Gasteiger partial charge in [0.1, 0.15) is 18.7 Å². The van der Waals surface area contributed by atoms with Crippen LogP contribution in [0.5, 0.6) is 5.75 Å². The first kappa shape index (κ1) is 15.1. The third-order valence-corrected chi connectivity index (χ3v) is 4.42. The SMILES string of the molecule is Cc1cc(-c2ccc(OCC3CCCCN3)cc2)c2nncn2n1. The highest BCUT2D eigenvalue weighted by Gasteiger charge is 2.13. The van der Waals surface area contributed by atoms with Crippen molar-refractivity contribution in [3.63, 3.8) is 0 Å². The van der Waals surface area contributed by atoms with Crippen LogP contribution in [0.4, 0.5) is 0 Å². The molecule has 1 aliphatic rings. The lowest BCUT2D eigenvalue weighted by Gasteiger charge is -2.23. The minimum absolute atomic E-state index is 0.469. The first-order valence-electron chi connectivity index (χ1n) is 8.44. The molecule has 24 heavy (non-hydrogen) atoms. The van der Waals surface area contributed by atoms with E-state index in [4.69, 9.17) is 4.74 Å². The van der Waals surface area contributed by atoms with Gasteiger partial charge < -0.3 is 10.1 Å². The third kappa shape index (κ3) is 3.10. The van der Waals surface area contributed by atoms with E-state index in [1.165, 1.54) is 19.3 Å². The third-order valence-electron chi connectivity index (χ3n) is 4.42. The van der Waals surface area contributed by atoms with Gasteiger partial charge in [-0.15, -0.1) is 10.2 Å². The maximum Gasteiger partial charge on any atom is 0.185 e. The van der Waals surface area contributed by atoms with Crippen molar-refractivity contribution in [3.05, 3.63) is 42.4 Å². The fourth-order valence-electron chi connectivity index (χ4n) is 3.16. The average Bonchev–Trinajstić information content (AvgIpc) is 3.09. The molecule has 1 atom stereocenters. The van der Waals surface area contributed by atoms with Crippen molar-refractivity contribution in [1.29, 1.82) is 0 Å². The number of rotatable bonds is 4. The van der Waals surface area contributed by atoms with Crippen LogP contribution in [0.3, 0.4) is 0 Å². The van der Waals surface area contributed by atoms with E-state index in [0.717, 1.165) is 41.4 Å². The van der Waals surface area contributed by atoms with Crippen molar-refractivity contribution >= 4 is 5.65 Å². The molecule has 0 radical (unpaired) electrons. The van der Waals surface area contributed by atoms with Crippen LogP contribution in [0.25, 0.3) is 16.8 Å². The quantitative estimate of drug-likeness (QED) is 0.799. The van der Waals surface area contributed by atoms with Gasteiger partial charge in [0, 0.05) is 11.6 Å². The molecule has 4 rings (SSSR count). The van der Waals surface area contributed by atoms with Gasteiger partial charge in [0.2, 0.25) is 0 Å². The molecule has 1 N–H and O–H groups in total. The molecule has 3 aromatic rings. The van der Waals surface area contributed by atoms with Crippen molar-refractivity contribution in [2.75, 3.05) is 13.2 Å². The molecule has 1 aliphatic heterocycles. The van der Waals surface area contributed by atoms with Crippen LogP contribution >= 0.6 is 0 Å². The first-order valence-corrected chi connectivity index (χ1v) is 8.44. The summed E-state index contributed by atoms with van der Waals surface area (Å²) in [5.41, 5.74) is 3.81. The Kier molecular flexibility index (Phi) is 4.13. The van der Waals surface area contributed by atoms with E-state index in [0.29, 0.717) is 6.04 Å². The number of piperidine rings is 1. The summed E-state index contributed by atoms with van der Waals surface area (Å²) in [5, 5.41) is 16.0. The monoisotopic (exact) mass is 323 g/mol. The van der Waals surface area contributed by atoms with E-state index in [2.05, 4.69) is 32.7 Å². The highest BCUT2D eigenvalue weighted by Crippen LogP contribution is 2.26. The highest BCUT2D eigenvalue weighted by atomic mass is 16.5. The van der Waals surface area contributed by atoms with Crippen molar-refractivity contribution in [1.82, 2.24) is 25.1 Å². The van der Waals surface area contributed by atoms with Gasteiger partial charge in [-0.25, -0.2) is 0 Å². The molecule has 3 heterocycles. The molecule has 0 spiro atoms. The van der Waals surface area contributed by atoms with Gasteiger partial charge in [0.15, 0.2) is 5.65 Å². The lowest BCUT2D eigenvalue weighted by molar-refractivity contribution is 0.239. The van der Waals surface area contributed by atoms with Gasteiger partial charge in [-0.05, 0) is 50.1 Å². The molecule has 0 aliphatic carbocycles. The number of fused-ring (bicyclic) bond motifs is 1. The van der Waals surface area contributed by atoms with Crippen molar-refractivity contribution in [2.45, 2.75) is 32.2 Å². The number of hydrogen-bond acceptors (Lipinski definition) is 5. The summed E-state index contributed by atoms with van der Waals surface area (Å²) < 4.78 is 7.64. The zero-order valence-corrected chi connectivity index (χ0v) is 13.8. The lowest BCUT2D eigenvalue weighted by atomic mass is 10.1. The summed E-state index contributed by atoms with van der Waals surface area (Å²) in [6, 6.07) is 10.7. The zero-order valence-electron chi connectivity index (χ0n) is 13.8. The number of aryl methyl sites for hydroxylation is 1. The number of aromatic nitrogens is 4. The highest BCUT2D eigenvalue weighted by molar-refractivity contribution is 5.77. The predicted octanol–water partition coefficient (Wildman–Crippen LogP) is 2.62. The molecule has 124 valence electrons. The van der Waals surface area contributed by atoms with Crippen LogP contribution in [-0.4, -0.2) is 39.0 Å². The van der Waals surface area contributed by atoms with Crippen LogP contribution < -0.4 is 10.1 Å². The molecule has 6 nitrogen and oxygen atoms in total. The lowest BCUT2D eigenvalue weighted by Crippen LogP contribution is -2.38. The van der Waals surface area contributed by atoms with E-state index in [1.54, 1.807) is 10.8 Å². The second-order valence-corrected chi connectivity index (χ2v) is 6.28. The molecular weight excluding hydrogens is 302 g/mol. The van der Waals surface area contributed by atoms with Gasteiger partial charge >= 0.3 is 0 Å². The standard InChI is InChI=1S/C18H21N5O/c1-13-10-17(18-21-20-12-23(18)22-13)14-5-7-16(8-6-14)24-11-15-4-2-3-9-19-15/h5-8,10,12,15,19H,2-4,9,11H2,1H3. The summed E-state index contributed by atoms with van der Waals surface area (Å²) in [5.74, 6) is 0.898. The van der Waals surface area contributed by atoms with Crippen LogP contribution in [0.2, 0.25) is 0 Å². The number of hydrogen-bond donors (Lipinski definition) is 1. The Balaban J connectivity index is 1.51. The number of benzene rings is 1. The molecule has 1 aromatic carbocycles. The summed E-state index contributed by atoms with van der Waals surface area (Å²) in [4.78, 5) is 0. The Morgan fingerprint density at radius 3 is 2.92 bits per heavy atom. The Hall–Kier alpha value is -2.47. The molecular formula is C18H21N5O. The second-order valence-electron chi connectivity index (χ2n) is 6.28. The minimum Gasteiger partial charge on any atom is -0.492 e. The van der Waals surface area contributed by atoms with Gasteiger partial charge in [0.05, 0.1) is 5.69 Å². The molecule has 0 saturated carbocycles. The molecule has 6 heteroatoms. The second kappa shape index (κ2) is 6.57. The summed E-state index contributed by atoms with van der Waals surface area (Å²) >= 11 is 0. The van der Waals surface area contributed by atoms with Crippen LogP contribution in [0.1, 0.15) is 25.0 Å². The molecule has 2 aromatic heterocycles. The summed E-state index contributed by atoms with van der Waals surface area (Å²) in [6.07, 6.45) is 5.38. The maximum absolute atomic E-state index is 5.92. The largest absolute Gasteiger partial charge is 0.492 e. The summed E-state index contributed by atoms with van der Waals surface area (Å²) in [7, 11) is 0. The summed E-state index contributed by atoms with van der Waals surface area (Å²) in [6.45, 7) is 3.79. The van der Waals surface area contributed by atoms with E-state index >= 15 is 0 Å². The fourth-order valence-corrected chi connectivity index (χ4v) is 3.16. The smallest absolute Gasteiger partial charge is 0.185 e. The molecule has 1 unspecified atom stereocenters. The van der Waals surface area contributed by atoms with Crippen LogP contribution in [-0.2, 0) is 0 Å². The molecule has 0 bridgehead atoms. The molecule has 1 saturated heterocycles. The molecule has 1 fully saturated rings. The topological polar surface area (TPSA) is 64.3 Å². The van der Waals surface area contributed by atoms with Crippen LogP contribution in [0.15, 0.2) is 36.7 Å².